The predicted molar refractivity (Wildman–Crippen MR) is 46.9 cm³/mol. The summed E-state index contributed by atoms with van der Waals surface area (Å²) in [5.74, 6) is 1.77. The number of ether oxygens (including phenoxy) is 2. The number of hydrogen-bond acceptors (Lipinski definition) is 3. The monoisotopic (exact) mass is 180 g/mol. The molecule has 1 aliphatic heterocycles. The van der Waals surface area contributed by atoms with Gasteiger partial charge in [0.2, 0.25) is 0 Å². The standard InChI is InChI=1S/C10H12O3/c1-7(11)8-2-3-9-10(6-8)13-5-4-12-9/h2-3,8H,4-6H2,1H3. The van der Waals surface area contributed by atoms with Crippen molar-refractivity contribution < 1.29 is 14.3 Å². The molecular formula is C10H12O3. The van der Waals surface area contributed by atoms with Crippen molar-refractivity contribution in [3.63, 3.8) is 0 Å². The molecule has 2 aliphatic rings. The average molecular weight is 180 g/mol. The van der Waals surface area contributed by atoms with Crippen LogP contribution in [0.25, 0.3) is 0 Å². The van der Waals surface area contributed by atoms with Gasteiger partial charge in [-0.1, -0.05) is 6.08 Å². The fourth-order valence-corrected chi connectivity index (χ4v) is 1.52. The SMILES string of the molecule is CC(=O)C1C=CC2=C(C1)OCCO2. The highest BCUT2D eigenvalue weighted by molar-refractivity contribution is 5.80. The molecule has 0 N–H and O–H groups in total. The van der Waals surface area contributed by atoms with Crippen molar-refractivity contribution in [2.24, 2.45) is 5.92 Å². The fourth-order valence-electron chi connectivity index (χ4n) is 1.52. The molecule has 3 nitrogen and oxygen atoms in total. The molecule has 0 aromatic rings. The lowest BCUT2D eigenvalue weighted by atomic mass is 9.95. The molecular weight excluding hydrogens is 168 g/mol. The maximum Gasteiger partial charge on any atom is 0.156 e. The Bertz CT molecular complexity index is 289. The highest BCUT2D eigenvalue weighted by Crippen LogP contribution is 2.27. The first kappa shape index (κ1) is 8.35. The second-order valence-electron chi connectivity index (χ2n) is 3.26. The molecule has 0 radical (unpaired) electrons. The van der Waals surface area contributed by atoms with E-state index < -0.39 is 0 Å². The van der Waals surface area contributed by atoms with Gasteiger partial charge in [-0.05, 0) is 13.0 Å². The van der Waals surface area contributed by atoms with Crippen LogP contribution in [0.3, 0.4) is 0 Å². The molecule has 0 fully saturated rings. The Labute approximate surface area is 77.0 Å². The van der Waals surface area contributed by atoms with Gasteiger partial charge in [-0.3, -0.25) is 4.79 Å². The Morgan fingerprint density at radius 1 is 1.46 bits per heavy atom. The first-order valence-electron chi connectivity index (χ1n) is 4.45. The van der Waals surface area contributed by atoms with Gasteiger partial charge in [-0.2, -0.15) is 0 Å². The van der Waals surface area contributed by atoms with Gasteiger partial charge < -0.3 is 9.47 Å². The van der Waals surface area contributed by atoms with E-state index in [0.29, 0.717) is 19.6 Å². The predicted octanol–water partition coefficient (Wildman–Crippen LogP) is 1.41. The molecule has 0 aromatic heterocycles. The van der Waals surface area contributed by atoms with E-state index >= 15 is 0 Å². The zero-order valence-electron chi connectivity index (χ0n) is 7.58. The number of Topliss-reactive ketones (excluding diaryl/α,β-unsaturated/α-hetero) is 1. The summed E-state index contributed by atoms with van der Waals surface area (Å²) in [7, 11) is 0. The zero-order valence-corrected chi connectivity index (χ0v) is 7.58. The summed E-state index contributed by atoms with van der Waals surface area (Å²) in [6, 6.07) is 0. The van der Waals surface area contributed by atoms with Crippen LogP contribution in [0.5, 0.6) is 0 Å². The van der Waals surface area contributed by atoms with E-state index in [1.807, 2.05) is 12.2 Å². The van der Waals surface area contributed by atoms with E-state index in [1.54, 1.807) is 6.92 Å². The smallest absolute Gasteiger partial charge is 0.156 e. The number of hydrogen-bond donors (Lipinski definition) is 0. The molecule has 1 aliphatic carbocycles. The maximum atomic E-state index is 11.1. The van der Waals surface area contributed by atoms with E-state index in [1.165, 1.54) is 0 Å². The minimum Gasteiger partial charge on any atom is -0.490 e. The minimum absolute atomic E-state index is 0.0274. The first-order valence-corrected chi connectivity index (χ1v) is 4.45. The molecule has 3 heteroatoms. The normalized spacial score (nSPS) is 26.1. The molecule has 0 saturated carbocycles. The van der Waals surface area contributed by atoms with Gasteiger partial charge in [0, 0.05) is 12.3 Å². The van der Waals surface area contributed by atoms with Crippen molar-refractivity contribution in [2.75, 3.05) is 13.2 Å². The summed E-state index contributed by atoms with van der Waals surface area (Å²) in [6.45, 7) is 2.80. The fraction of sp³-hybridized carbons (Fsp3) is 0.500. The van der Waals surface area contributed by atoms with E-state index in [9.17, 15) is 4.79 Å². The second-order valence-corrected chi connectivity index (χ2v) is 3.26. The molecule has 13 heavy (non-hydrogen) atoms. The molecule has 0 bridgehead atoms. The quantitative estimate of drug-likeness (QED) is 0.612. The molecule has 70 valence electrons. The Hall–Kier alpha value is -1.25. The Balaban J connectivity index is 2.15. The van der Waals surface area contributed by atoms with Gasteiger partial charge >= 0.3 is 0 Å². The van der Waals surface area contributed by atoms with E-state index in [4.69, 9.17) is 9.47 Å². The Morgan fingerprint density at radius 3 is 3.00 bits per heavy atom. The van der Waals surface area contributed by atoms with Crippen LogP contribution in [0.15, 0.2) is 23.7 Å². The second kappa shape index (κ2) is 3.24. The topological polar surface area (TPSA) is 35.5 Å². The molecule has 0 spiro atoms. The van der Waals surface area contributed by atoms with Crippen LogP contribution in [-0.2, 0) is 14.3 Å². The number of carbonyl (C=O) groups excluding carboxylic acids is 1. The van der Waals surface area contributed by atoms with Gasteiger partial charge in [0.15, 0.2) is 5.76 Å². The van der Waals surface area contributed by atoms with E-state index in [2.05, 4.69) is 0 Å². The van der Waals surface area contributed by atoms with Crippen LogP contribution in [0.1, 0.15) is 13.3 Å². The third-order valence-electron chi connectivity index (χ3n) is 2.30. The summed E-state index contributed by atoms with van der Waals surface area (Å²) in [5, 5.41) is 0. The summed E-state index contributed by atoms with van der Waals surface area (Å²) >= 11 is 0. The minimum atomic E-state index is -0.0274. The van der Waals surface area contributed by atoms with Crippen molar-refractivity contribution in [1.82, 2.24) is 0 Å². The van der Waals surface area contributed by atoms with Crippen molar-refractivity contribution in [3.05, 3.63) is 23.7 Å². The van der Waals surface area contributed by atoms with Gasteiger partial charge in [0.1, 0.15) is 24.8 Å². The van der Waals surface area contributed by atoms with Crippen molar-refractivity contribution >= 4 is 5.78 Å². The van der Waals surface area contributed by atoms with Crippen molar-refractivity contribution in [2.45, 2.75) is 13.3 Å². The Kier molecular flexibility index (Phi) is 2.08. The third kappa shape index (κ3) is 1.59. The van der Waals surface area contributed by atoms with Crippen molar-refractivity contribution in [1.29, 1.82) is 0 Å². The van der Waals surface area contributed by atoms with Crippen LogP contribution in [-0.4, -0.2) is 19.0 Å². The van der Waals surface area contributed by atoms with Crippen LogP contribution in [0, 0.1) is 5.92 Å². The van der Waals surface area contributed by atoms with Gasteiger partial charge in [-0.25, -0.2) is 0 Å². The number of rotatable bonds is 1. The molecule has 1 unspecified atom stereocenters. The van der Waals surface area contributed by atoms with Crippen LogP contribution in [0.4, 0.5) is 0 Å². The lowest BCUT2D eigenvalue weighted by Gasteiger charge is -2.25. The number of carbonyl (C=O) groups is 1. The maximum absolute atomic E-state index is 11.1. The van der Waals surface area contributed by atoms with Gasteiger partial charge in [0.05, 0.1) is 0 Å². The Morgan fingerprint density at radius 2 is 2.23 bits per heavy atom. The first-order chi connectivity index (χ1) is 6.27. The van der Waals surface area contributed by atoms with Crippen LogP contribution >= 0.6 is 0 Å². The number of allylic oxidation sites excluding steroid dienone is 3. The summed E-state index contributed by atoms with van der Waals surface area (Å²) < 4.78 is 10.8. The summed E-state index contributed by atoms with van der Waals surface area (Å²) in [4.78, 5) is 11.1. The average Bonchev–Trinajstić information content (AvgIpc) is 2.17. The van der Waals surface area contributed by atoms with E-state index in [-0.39, 0.29) is 11.7 Å². The molecule has 0 aromatic carbocycles. The number of ketones is 1. The highest BCUT2D eigenvalue weighted by atomic mass is 16.6. The van der Waals surface area contributed by atoms with Gasteiger partial charge in [0.25, 0.3) is 0 Å². The lowest BCUT2D eigenvalue weighted by Crippen LogP contribution is -2.20. The van der Waals surface area contributed by atoms with Gasteiger partial charge in [-0.15, -0.1) is 0 Å². The molecule has 1 atom stereocenters. The highest BCUT2D eigenvalue weighted by Gasteiger charge is 2.23. The lowest BCUT2D eigenvalue weighted by molar-refractivity contribution is -0.119. The van der Waals surface area contributed by atoms with Crippen LogP contribution in [0.2, 0.25) is 0 Å². The van der Waals surface area contributed by atoms with Crippen LogP contribution < -0.4 is 0 Å². The summed E-state index contributed by atoms with van der Waals surface area (Å²) in [6.07, 6.45) is 4.38. The summed E-state index contributed by atoms with van der Waals surface area (Å²) in [5.41, 5.74) is 0. The van der Waals surface area contributed by atoms with Crippen molar-refractivity contribution in [3.8, 4) is 0 Å². The largest absolute Gasteiger partial charge is 0.490 e. The molecule has 1 heterocycles. The molecule has 0 amide bonds. The molecule has 2 rings (SSSR count). The van der Waals surface area contributed by atoms with E-state index in [0.717, 1.165) is 11.5 Å². The third-order valence-corrected chi connectivity index (χ3v) is 2.30. The zero-order chi connectivity index (χ0) is 9.26. The molecule has 0 saturated heterocycles.